The third-order valence-electron chi connectivity index (χ3n) is 14.1. The van der Waals surface area contributed by atoms with E-state index in [9.17, 15) is 18.0 Å². The van der Waals surface area contributed by atoms with Crippen LogP contribution in [0.15, 0.2) is 95.0 Å². The van der Waals surface area contributed by atoms with Crippen molar-refractivity contribution >= 4 is 72.9 Å². The highest BCUT2D eigenvalue weighted by Crippen LogP contribution is 2.44. The van der Waals surface area contributed by atoms with Gasteiger partial charge < -0.3 is 23.3 Å². The topological polar surface area (TPSA) is 158 Å². The molecular formula is C54H65N5O9S2Si. The van der Waals surface area contributed by atoms with Crippen LogP contribution in [0.4, 0.5) is 0 Å². The number of rotatable bonds is 14. The summed E-state index contributed by atoms with van der Waals surface area (Å²) in [7, 11) is -8.50. The van der Waals surface area contributed by atoms with Crippen LogP contribution in [-0.2, 0) is 57.1 Å². The van der Waals surface area contributed by atoms with E-state index >= 15 is 8.42 Å². The Morgan fingerprint density at radius 2 is 1.18 bits per heavy atom. The fourth-order valence-corrected chi connectivity index (χ4v) is 15.7. The van der Waals surface area contributed by atoms with Crippen molar-refractivity contribution in [3.8, 4) is 0 Å². The lowest BCUT2D eigenvalue weighted by Gasteiger charge is -2.44. The fourth-order valence-electron chi connectivity index (χ4n) is 11.2. The maximum absolute atomic E-state index is 15.6. The largest absolute Gasteiger partial charge is 0.361 e. The minimum absolute atomic E-state index is 0.00855. The van der Waals surface area contributed by atoms with Crippen LogP contribution in [-0.4, -0.2) is 105 Å². The van der Waals surface area contributed by atoms with Crippen LogP contribution in [0.1, 0.15) is 58.4 Å². The first-order valence-corrected chi connectivity index (χ1v) is 30.8. The first-order valence-electron chi connectivity index (χ1n) is 24.1. The number of hydrogen-bond acceptors (Lipinski definition) is 9. The molecule has 1 N–H and O–H groups in total. The summed E-state index contributed by atoms with van der Waals surface area (Å²) in [6.45, 7) is 21.8. The number of nitrogens with one attached hydrogen (secondary N) is 1. The summed E-state index contributed by atoms with van der Waals surface area (Å²) in [5.41, 5.74) is 7.19. The minimum Gasteiger partial charge on any atom is -0.361 e. The molecule has 3 aliphatic rings. The molecule has 14 nitrogen and oxygen atoms in total. The van der Waals surface area contributed by atoms with Gasteiger partial charge in [0, 0.05) is 74.6 Å². The van der Waals surface area contributed by atoms with Gasteiger partial charge in [-0.25, -0.2) is 21.6 Å². The first kappa shape index (κ1) is 50.7. The Bertz CT molecular complexity index is 3380. The Kier molecular flexibility index (Phi) is 13.1. The van der Waals surface area contributed by atoms with E-state index < -0.39 is 70.0 Å². The number of imide groups is 1. The second-order valence-corrected chi connectivity index (χ2v) is 30.5. The zero-order chi connectivity index (χ0) is 51.3. The van der Waals surface area contributed by atoms with Gasteiger partial charge in [-0.3, -0.25) is 14.5 Å². The van der Waals surface area contributed by atoms with Gasteiger partial charge in [0.1, 0.15) is 18.9 Å². The van der Waals surface area contributed by atoms with Crippen molar-refractivity contribution in [1.82, 2.24) is 23.1 Å². The molecule has 2 fully saturated rings. The number of nitrogens with zero attached hydrogens (tertiary/aromatic N) is 4. The average molecular weight is 1020 g/mol. The summed E-state index contributed by atoms with van der Waals surface area (Å²) in [6, 6.07) is 21.5. The summed E-state index contributed by atoms with van der Waals surface area (Å²) >= 11 is 0. The maximum atomic E-state index is 15.6. The number of piperidine rings is 1. The summed E-state index contributed by atoms with van der Waals surface area (Å²) in [5, 5.41) is 1.48. The lowest BCUT2D eigenvalue weighted by Crippen LogP contribution is -2.66. The first-order chi connectivity index (χ1) is 33.3. The van der Waals surface area contributed by atoms with Gasteiger partial charge in [-0.2, -0.15) is 4.31 Å². The van der Waals surface area contributed by atoms with Crippen molar-refractivity contribution in [2.75, 3.05) is 20.2 Å². The van der Waals surface area contributed by atoms with E-state index in [0.717, 1.165) is 33.0 Å². The Labute approximate surface area is 418 Å². The van der Waals surface area contributed by atoms with Crippen LogP contribution < -0.4 is 4.72 Å². The van der Waals surface area contributed by atoms with Gasteiger partial charge in [0.15, 0.2) is 5.79 Å². The van der Waals surface area contributed by atoms with Gasteiger partial charge in [0.25, 0.3) is 11.8 Å². The molecule has 17 heteroatoms. The van der Waals surface area contributed by atoms with Crippen LogP contribution in [0, 0.1) is 41.5 Å². The molecule has 2 amide bonds. The molecule has 0 unspecified atom stereocenters. The summed E-state index contributed by atoms with van der Waals surface area (Å²) in [5.74, 6) is -2.14. The molecular weight excluding hydrogens is 955 g/mol. The monoisotopic (exact) mass is 1020 g/mol. The SMILES string of the molecule is Cc1cc(C)c(S(=O)(=O)N[C@H]2CN(S(=O)(=O)c3c(C)cc(C)cc3C)[C@@H](Cn3cc(C4=C(c5cn(COCC[Si](C)(C)C)c6ccccc56)C(=O)N(C)C4=O)c4ccccc43)[C@H]3OC(C)(C)O[C@@H]32)c(C)c1. The lowest BCUT2D eigenvalue weighted by molar-refractivity contribution is -0.148. The Hall–Kier alpha value is -5.24. The molecule has 376 valence electrons. The second-order valence-electron chi connectivity index (χ2n) is 21.4. The van der Waals surface area contributed by atoms with E-state index in [1.54, 1.807) is 41.5 Å². The molecule has 71 heavy (non-hydrogen) atoms. The standard InChI is InChI=1S/C54H65N5O9S2Si/c1-32-23-34(3)50(35(4)24-32)69(62,63)55-42-29-59(70(64,65)51-36(5)25-33(2)26-37(51)6)45(49-48(42)67-54(7,8)68-49)30-57-27-40(38-17-13-15-19-43(38)57)46-47(53(61)56(9)52(46)60)41-28-58(31-66-21-22-71(10,11)12)44-20-16-14-18-39(41)44/h13-20,23-28,42,45,48-49,55H,21-22,29-31H2,1-12H3/t42-,45-,48+,49+/m0/s1. The van der Waals surface area contributed by atoms with Crippen LogP contribution >= 0.6 is 0 Å². The highest BCUT2D eigenvalue weighted by atomic mass is 32.2. The molecule has 0 bridgehead atoms. The number of aryl methyl sites for hydroxylation is 6. The summed E-state index contributed by atoms with van der Waals surface area (Å²) in [6.07, 6.45) is 1.82. The van der Waals surface area contributed by atoms with E-state index in [2.05, 4.69) is 24.4 Å². The van der Waals surface area contributed by atoms with Crippen LogP contribution in [0.25, 0.3) is 33.0 Å². The van der Waals surface area contributed by atoms with E-state index in [1.807, 2.05) is 108 Å². The van der Waals surface area contributed by atoms with E-state index in [1.165, 1.54) is 11.4 Å². The average Bonchev–Trinajstić information content (AvgIpc) is 3.97. The number of carbonyl (C=O) groups excluding carboxylic acids is 2. The van der Waals surface area contributed by atoms with E-state index in [4.69, 9.17) is 14.2 Å². The van der Waals surface area contributed by atoms with Crippen LogP contribution in [0.2, 0.25) is 25.7 Å². The molecule has 5 heterocycles. The predicted octanol–water partition coefficient (Wildman–Crippen LogP) is 8.61. The number of para-hydroxylation sites is 2. The molecule has 2 saturated heterocycles. The fraction of sp³-hybridized carbons (Fsp3) is 0.407. The molecule has 0 spiro atoms. The van der Waals surface area contributed by atoms with E-state index in [-0.39, 0.29) is 40.8 Å². The number of likely N-dealkylation sites (N-methyl/N-ethyl adjacent to an activating group) is 1. The zero-order valence-corrected chi connectivity index (χ0v) is 45.3. The quantitative estimate of drug-likeness (QED) is 0.0641. The number of amides is 2. The normalized spacial score (nSPS) is 21.1. The van der Waals surface area contributed by atoms with Gasteiger partial charge in [-0.1, -0.05) is 91.4 Å². The van der Waals surface area contributed by atoms with Crippen molar-refractivity contribution in [2.45, 2.75) is 134 Å². The lowest BCUT2D eigenvalue weighted by atomic mass is 9.94. The zero-order valence-electron chi connectivity index (χ0n) is 42.7. The molecule has 4 aromatic carbocycles. The molecule has 6 aromatic rings. The number of hydrogen-bond donors (Lipinski definition) is 1. The highest BCUT2D eigenvalue weighted by Gasteiger charge is 2.57. The highest BCUT2D eigenvalue weighted by molar-refractivity contribution is 7.90. The molecule has 4 atom stereocenters. The molecule has 0 aliphatic carbocycles. The van der Waals surface area contributed by atoms with Crippen LogP contribution in [0.3, 0.4) is 0 Å². The van der Waals surface area contributed by atoms with Crippen molar-refractivity contribution in [2.24, 2.45) is 0 Å². The van der Waals surface area contributed by atoms with Gasteiger partial charge >= 0.3 is 0 Å². The second kappa shape index (κ2) is 18.4. The Morgan fingerprint density at radius 3 is 1.72 bits per heavy atom. The van der Waals surface area contributed by atoms with E-state index in [0.29, 0.717) is 50.9 Å². The van der Waals surface area contributed by atoms with Gasteiger partial charge in [-0.15, -0.1) is 0 Å². The number of carbonyl (C=O) groups is 2. The molecule has 0 radical (unpaired) electrons. The smallest absolute Gasteiger partial charge is 0.261 e. The third-order valence-corrected chi connectivity index (χ3v) is 19.7. The molecule has 0 saturated carbocycles. The molecule has 2 aromatic heterocycles. The number of benzene rings is 4. The van der Waals surface area contributed by atoms with Crippen LogP contribution in [0.5, 0.6) is 0 Å². The minimum atomic E-state index is -4.40. The Balaban J connectivity index is 1.18. The van der Waals surface area contributed by atoms with Gasteiger partial charge in [0.05, 0.1) is 38.5 Å². The number of ether oxygens (including phenoxy) is 3. The van der Waals surface area contributed by atoms with Gasteiger partial charge in [0.2, 0.25) is 20.0 Å². The Morgan fingerprint density at radius 1 is 0.704 bits per heavy atom. The van der Waals surface area contributed by atoms with Crippen molar-refractivity contribution in [1.29, 1.82) is 0 Å². The third kappa shape index (κ3) is 9.28. The van der Waals surface area contributed by atoms with Gasteiger partial charge in [-0.05, 0) is 95.8 Å². The predicted molar refractivity (Wildman–Crippen MR) is 279 cm³/mol. The molecule has 3 aliphatic heterocycles. The van der Waals surface area contributed by atoms with Crippen molar-refractivity contribution < 1.29 is 40.6 Å². The molecule has 9 rings (SSSR count). The maximum Gasteiger partial charge on any atom is 0.261 e. The number of sulfonamides is 2. The number of fused-ring (bicyclic) bond motifs is 3. The number of aromatic nitrogens is 2. The van der Waals surface area contributed by atoms with Crippen molar-refractivity contribution in [3.05, 3.63) is 130 Å². The summed E-state index contributed by atoms with van der Waals surface area (Å²) < 4.78 is 88.0. The van der Waals surface area contributed by atoms with Crippen molar-refractivity contribution in [3.63, 3.8) is 0 Å². The summed E-state index contributed by atoms with van der Waals surface area (Å²) in [4.78, 5) is 30.4.